The summed E-state index contributed by atoms with van der Waals surface area (Å²) in [6, 6.07) is 15.2. The SMILES string of the molecule is CCOc1ccccc1CN(C)C(=O)CCCc1nc(-c2ccc(OC)cc2)no1. The molecule has 158 valence electrons. The summed E-state index contributed by atoms with van der Waals surface area (Å²) in [5.41, 5.74) is 1.85. The van der Waals surface area contributed by atoms with E-state index in [0.717, 1.165) is 22.6 Å². The van der Waals surface area contributed by atoms with E-state index in [2.05, 4.69) is 10.1 Å². The summed E-state index contributed by atoms with van der Waals surface area (Å²) in [5, 5.41) is 4.02. The lowest BCUT2D eigenvalue weighted by Gasteiger charge is -2.19. The third-order valence-electron chi connectivity index (χ3n) is 4.70. The number of nitrogens with zero attached hydrogens (tertiary/aromatic N) is 3. The molecule has 1 amide bonds. The number of para-hydroxylation sites is 1. The molecule has 0 radical (unpaired) electrons. The molecule has 1 aromatic heterocycles. The Kier molecular flexibility index (Phi) is 7.43. The van der Waals surface area contributed by atoms with Crippen LogP contribution in [0.3, 0.4) is 0 Å². The Morgan fingerprint density at radius 2 is 1.90 bits per heavy atom. The summed E-state index contributed by atoms with van der Waals surface area (Å²) < 4.78 is 16.1. The van der Waals surface area contributed by atoms with Crippen LogP contribution >= 0.6 is 0 Å². The molecule has 0 aliphatic rings. The quantitative estimate of drug-likeness (QED) is 0.501. The van der Waals surface area contributed by atoms with Crippen molar-refractivity contribution in [1.82, 2.24) is 15.0 Å². The van der Waals surface area contributed by atoms with Crippen LogP contribution in [0.15, 0.2) is 53.1 Å². The molecule has 0 atom stereocenters. The van der Waals surface area contributed by atoms with E-state index in [1.807, 2.05) is 55.5 Å². The third kappa shape index (κ3) is 5.59. The highest BCUT2D eigenvalue weighted by atomic mass is 16.5. The van der Waals surface area contributed by atoms with Crippen molar-refractivity contribution in [1.29, 1.82) is 0 Å². The normalized spacial score (nSPS) is 10.6. The summed E-state index contributed by atoms with van der Waals surface area (Å²) >= 11 is 0. The zero-order valence-electron chi connectivity index (χ0n) is 17.6. The van der Waals surface area contributed by atoms with Gasteiger partial charge in [-0.2, -0.15) is 4.98 Å². The highest BCUT2D eigenvalue weighted by Crippen LogP contribution is 2.21. The van der Waals surface area contributed by atoms with Crippen LogP contribution < -0.4 is 9.47 Å². The first-order valence-corrected chi connectivity index (χ1v) is 10.0. The second-order valence-electron chi connectivity index (χ2n) is 6.88. The van der Waals surface area contributed by atoms with Crippen molar-refractivity contribution in [3.8, 4) is 22.9 Å². The molecule has 0 saturated heterocycles. The molecule has 0 saturated carbocycles. The van der Waals surface area contributed by atoms with Crippen molar-refractivity contribution < 1.29 is 18.8 Å². The molecule has 7 nitrogen and oxygen atoms in total. The largest absolute Gasteiger partial charge is 0.497 e. The van der Waals surface area contributed by atoms with Crippen LogP contribution in [-0.4, -0.2) is 41.7 Å². The number of aryl methyl sites for hydroxylation is 1. The van der Waals surface area contributed by atoms with Crippen molar-refractivity contribution in [2.75, 3.05) is 20.8 Å². The van der Waals surface area contributed by atoms with Crippen LogP contribution in [-0.2, 0) is 17.8 Å². The molecule has 2 aromatic carbocycles. The molecule has 3 aromatic rings. The fourth-order valence-electron chi connectivity index (χ4n) is 3.07. The number of aromatic nitrogens is 2. The summed E-state index contributed by atoms with van der Waals surface area (Å²) in [4.78, 5) is 18.6. The molecule has 30 heavy (non-hydrogen) atoms. The van der Waals surface area contributed by atoms with Gasteiger partial charge in [-0.15, -0.1) is 0 Å². The molecule has 0 spiro atoms. The molecule has 3 rings (SSSR count). The van der Waals surface area contributed by atoms with E-state index < -0.39 is 0 Å². The highest BCUT2D eigenvalue weighted by molar-refractivity contribution is 5.75. The molecule has 7 heteroatoms. The van der Waals surface area contributed by atoms with Crippen molar-refractivity contribution >= 4 is 5.91 Å². The molecule has 1 heterocycles. The Bertz CT molecular complexity index is 953. The monoisotopic (exact) mass is 409 g/mol. The maximum atomic E-state index is 12.5. The van der Waals surface area contributed by atoms with Crippen LogP contribution in [0.25, 0.3) is 11.4 Å². The number of hydrogen-bond donors (Lipinski definition) is 0. The zero-order valence-corrected chi connectivity index (χ0v) is 17.6. The van der Waals surface area contributed by atoms with E-state index in [1.54, 1.807) is 19.1 Å². The number of ether oxygens (including phenoxy) is 2. The van der Waals surface area contributed by atoms with Gasteiger partial charge in [-0.05, 0) is 43.7 Å². The van der Waals surface area contributed by atoms with E-state index >= 15 is 0 Å². The van der Waals surface area contributed by atoms with Crippen LogP contribution in [0.1, 0.15) is 31.2 Å². The van der Waals surface area contributed by atoms with Crippen LogP contribution in [0.4, 0.5) is 0 Å². The Hall–Kier alpha value is -3.35. The van der Waals surface area contributed by atoms with Gasteiger partial charge in [0.25, 0.3) is 0 Å². The molecule has 0 unspecified atom stereocenters. The topological polar surface area (TPSA) is 77.7 Å². The van der Waals surface area contributed by atoms with Gasteiger partial charge in [-0.25, -0.2) is 0 Å². The first-order valence-electron chi connectivity index (χ1n) is 10.0. The second-order valence-corrected chi connectivity index (χ2v) is 6.88. The van der Waals surface area contributed by atoms with Crippen molar-refractivity contribution in [2.45, 2.75) is 32.7 Å². The van der Waals surface area contributed by atoms with Gasteiger partial charge in [-0.3, -0.25) is 4.79 Å². The van der Waals surface area contributed by atoms with Gasteiger partial charge in [0.1, 0.15) is 11.5 Å². The summed E-state index contributed by atoms with van der Waals surface area (Å²) in [6.07, 6.45) is 1.60. The van der Waals surface area contributed by atoms with E-state index in [9.17, 15) is 4.79 Å². The number of carbonyl (C=O) groups is 1. The van der Waals surface area contributed by atoms with Gasteiger partial charge in [0.15, 0.2) is 0 Å². The van der Waals surface area contributed by atoms with Crippen molar-refractivity contribution in [3.63, 3.8) is 0 Å². The lowest BCUT2D eigenvalue weighted by Crippen LogP contribution is -2.26. The number of benzene rings is 2. The lowest BCUT2D eigenvalue weighted by molar-refractivity contribution is -0.130. The molecule has 0 N–H and O–H groups in total. The average molecular weight is 409 g/mol. The highest BCUT2D eigenvalue weighted by Gasteiger charge is 2.14. The first-order chi connectivity index (χ1) is 14.6. The molecule has 0 aliphatic carbocycles. The molecule has 0 bridgehead atoms. The third-order valence-corrected chi connectivity index (χ3v) is 4.70. The fourth-order valence-corrected chi connectivity index (χ4v) is 3.07. The second kappa shape index (κ2) is 10.4. The van der Waals surface area contributed by atoms with Gasteiger partial charge in [0.2, 0.25) is 17.6 Å². The van der Waals surface area contributed by atoms with E-state index in [4.69, 9.17) is 14.0 Å². The predicted octanol–water partition coefficient (Wildman–Crippen LogP) is 4.13. The number of rotatable bonds is 10. The van der Waals surface area contributed by atoms with Gasteiger partial charge < -0.3 is 18.9 Å². The minimum Gasteiger partial charge on any atom is -0.497 e. The van der Waals surface area contributed by atoms with E-state index in [1.165, 1.54) is 0 Å². The Balaban J connectivity index is 1.49. The number of methoxy groups -OCH3 is 1. The van der Waals surface area contributed by atoms with Crippen molar-refractivity contribution in [3.05, 3.63) is 60.0 Å². The minimum absolute atomic E-state index is 0.0659. The summed E-state index contributed by atoms with van der Waals surface area (Å²) in [5.74, 6) is 2.71. The Labute approximate surface area is 176 Å². The Morgan fingerprint density at radius 1 is 1.13 bits per heavy atom. The van der Waals surface area contributed by atoms with E-state index in [-0.39, 0.29) is 5.91 Å². The lowest BCUT2D eigenvalue weighted by atomic mass is 10.1. The molecular formula is C23H27N3O4. The summed E-state index contributed by atoms with van der Waals surface area (Å²) in [6.45, 7) is 3.05. The van der Waals surface area contributed by atoms with Crippen LogP contribution in [0.2, 0.25) is 0 Å². The maximum Gasteiger partial charge on any atom is 0.226 e. The average Bonchev–Trinajstić information content (AvgIpc) is 3.24. The minimum atomic E-state index is 0.0659. The van der Waals surface area contributed by atoms with Gasteiger partial charge in [0, 0.05) is 37.6 Å². The smallest absolute Gasteiger partial charge is 0.226 e. The number of amides is 1. The molecule has 0 fully saturated rings. The van der Waals surface area contributed by atoms with Crippen molar-refractivity contribution in [2.24, 2.45) is 0 Å². The molecular weight excluding hydrogens is 382 g/mol. The number of hydrogen-bond acceptors (Lipinski definition) is 6. The zero-order chi connectivity index (χ0) is 21.3. The fraction of sp³-hybridized carbons (Fsp3) is 0.348. The standard InChI is InChI=1S/C23H27N3O4/c1-4-29-20-9-6-5-8-18(20)16-26(2)22(27)11-7-10-21-24-23(25-30-21)17-12-14-19(28-3)15-13-17/h5-6,8-9,12-15H,4,7,10-11,16H2,1-3H3. The van der Waals surface area contributed by atoms with E-state index in [0.29, 0.717) is 44.1 Å². The first kappa shape index (κ1) is 21.4. The number of carbonyl (C=O) groups excluding carboxylic acids is 1. The van der Waals surface area contributed by atoms with Crippen LogP contribution in [0, 0.1) is 0 Å². The maximum absolute atomic E-state index is 12.5. The predicted molar refractivity (Wildman–Crippen MR) is 113 cm³/mol. The van der Waals surface area contributed by atoms with Gasteiger partial charge >= 0.3 is 0 Å². The Morgan fingerprint density at radius 3 is 2.63 bits per heavy atom. The van der Waals surface area contributed by atoms with Crippen LogP contribution in [0.5, 0.6) is 11.5 Å². The molecule has 0 aliphatic heterocycles. The summed E-state index contributed by atoms with van der Waals surface area (Å²) in [7, 11) is 3.43. The van der Waals surface area contributed by atoms with Gasteiger partial charge in [-0.1, -0.05) is 23.4 Å². The van der Waals surface area contributed by atoms with Gasteiger partial charge in [0.05, 0.1) is 13.7 Å².